The van der Waals surface area contributed by atoms with Crippen molar-refractivity contribution >= 4 is 38.7 Å². The average molecular weight is 576 g/mol. The monoisotopic (exact) mass is 575 g/mol. The Morgan fingerprint density at radius 2 is 1.80 bits per heavy atom. The summed E-state index contributed by atoms with van der Waals surface area (Å²) < 4.78 is 34.2. The minimum Gasteiger partial charge on any atom is -0.494 e. The van der Waals surface area contributed by atoms with Gasteiger partial charge >= 0.3 is 0 Å². The molecule has 10 heteroatoms. The number of aromatic nitrogens is 2. The molecule has 0 spiro atoms. The summed E-state index contributed by atoms with van der Waals surface area (Å²) >= 11 is 5.92. The van der Waals surface area contributed by atoms with E-state index in [1.54, 1.807) is 18.3 Å². The van der Waals surface area contributed by atoms with Crippen LogP contribution in [-0.2, 0) is 10.0 Å². The lowest BCUT2D eigenvalue weighted by atomic mass is 9.96. The van der Waals surface area contributed by atoms with Crippen molar-refractivity contribution in [3.8, 4) is 11.4 Å². The maximum Gasteiger partial charge on any atom is 0.229 e. The van der Waals surface area contributed by atoms with E-state index in [9.17, 15) is 8.42 Å². The van der Waals surface area contributed by atoms with Gasteiger partial charge in [0, 0.05) is 35.0 Å². The maximum absolute atomic E-state index is 11.9. The minimum atomic E-state index is -3.48. The molecule has 1 aliphatic heterocycles. The van der Waals surface area contributed by atoms with E-state index in [1.807, 2.05) is 24.3 Å². The van der Waals surface area contributed by atoms with Crippen LogP contribution in [0.1, 0.15) is 45.9 Å². The van der Waals surface area contributed by atoms with E-state index < -0.39 is 10.0 Å². The summed E-state index contributed by atoms with van der Waals surface area (Å²) in [6, 6.07) is 19.4. The van der Waals surface area contributed by atoms with Gasteiger partial charge in [0.1, 0.15) is 5.75 Å². The summed E-state index contributed by atoms with van der Waals surface area (Å²) in [5.41, 5.74) is 8.94. The minimum absolute atomic E-state index is 0.221. The number of ether oxygens (including phenoxy) is 1. The van der Waals surface area contributed by atoms with Crippen molar-refractivity contribution in [3.05, 3.63) is 101 Å². The highest BCUT2D eigenvalue weighted by molar-refractivity contribution is 7.92. The number of hydrogen-bond acceptors (Lipinski definition) is 5. The Hall–Kier alpha value is -3.89. The maximum atomic E-state index is 11.9. The van der Waals surface area contributed by atoms with Gasteiger partial charge < -0.3 is 19.5 Å². The van der Waals surface area contributed by atoms with Crippen LogP contribution in [0.15, 0.2) is 66.9 Å². The Balaban J connectivity index is 1.68. The van der Waals surface area contributed by atoms with Crippen LogP contribution >= 0.6 is 12.2 Å². The van der Waals surface area contributed by atoms with Gasteiger partial charge in [-0.3, -0.25) is 9.71 Å². The number of anilines is 2. The normalized spacial score (nSPS) is 17.1. The average Bonchev–Trinajstić information content (AvgIpc) is 3.40. The molecule has 2 atom stereocenters. The summed E-state index contributed by atoms with van der Waals surface area (Å²) in [5.74, 6) is 0.395. The molecule has 3 heterocycles. The fourth-order valence-electron chi connectivity index (χ4n) is 5.50. The SMILES string of the molecule is COc1cc(N2C(=S)N[C@H](c3ccccn3)[C@@H]2c2cc(C)n(-c3cccc(C)c3C)c2C)ccc1NS(C)(=O)=O. The molecule has 40 heavy (non-hydrogen) atoms. The quantitative estimate of drug-likeness (QED) is 0.275. The Kier molecular flexibility index (Phi) is 7.32. The molecule has 0 aliphatic carbocycles. The standard InChI is InChI=1S/C30H33N5O3S2/c1-18-10-9-12-26(20(18)3)34-19(2)16-23(21(34)4)29-28(25-11-7-8-15-31-25)32-30(39)35(29)22-13-14-24(27(17-22)38-5)33-40(6,36)37/h7-17,28-29,33H,1-6H3,(H,32,39)/t28-,29+/m1/s1. The van der Waals surface area contributed by atoms with Gasteiger partial charge in [-0.1, -0.05) is 18.2 Å². The van der Waals surface area contributed by atoms with Gasteiger partial charge in [-0.2, -0.15) is 0 Å². The number of hydrogen-bond donors (Lipinski definition) is 2. The van der Waals surface area contributed by atoms with E-state index in [0.29, 0.717) is 16.5 Å². The van der Waals surface area contributed by atoms with Gasteiger partial charge in [0.15, 0.2) is 5.11 Å². The lowest BCUT2D eigenvalue weighted by Gasteiger charge is -2.29. The van der Waals surface area contributed by atoms with Gasteiger partial charge in [-0.25, -0.2) is 8.42 Å². The molecule has 8 nitrogen and oxygen atoms in total. The zero-order chi connectivity index (χ0) is 28.8. The van der Waals surface area contributed by atoms with E-state index in [4.69, 9.17) is 17.0 Å². The van der Waals surface area contributed by atoms with Crippen molar-refractivity contribution in [2.45, 2.75) is 39.8 Å². The summed E-state index contributed by atoms with van der Waals surface area (Å²) in [4.78, 5) is 6.74. The summed E-state index contributed by atoms with van der Waals surface area (Å²) in [6.07, 6.45) is 2.90. The number of rotatable bonds is 7. The molecule has 0 radical (unpaired) electrons. The Bertz CT molecular complexity index is 1700. The van der Waals surface area contributed by atoms with Crippen molar-refractivity contribution in [1.29, 1.82) is 0 Å². The molecule has 1 saturated heterocycles. The zero-order valence-corrected chi connectivity index (χ0v) is 25.0. The number of methoxy groups -OCH3 is 1. The molecule has 4 aromatic rings. The van der Waals surface area contributed by atoms with E-state index >= 15 is 0 Å². The number of nitrogens with one attached hydrogen (secondary N) is 2. The van der Waals surface area contributed by atoms with Gasteiger partial charge in [0.2, 0.25) is 10.0 Å². The van der Waals surface area contributed by atoms with E-state index in [1.165, 1.54) is 18.2 Å². The molecular weight excluding hydrogens is 542 g/mol. The molecule has 208 valence electrons. The predicted molar refractivity (Wildman–Crippen MR) is 164 cm³/mol. The Morgan fingerprint density at radius 3 is 2.48 bits per heavy atom. The first-order chi connectivity index (χ1) is 19.0. The van der Waals surface area contributed by atoms with E-state index in [0.717, 1.165) is 40.3 Å². The first-order valence-electron chi connectivity index (χ1n) is 12.9. The molecule has 2 aromatic carbocycles. The van der Waals surface area contributed by atoms with Crippen molar-refractivity contribution in [1.82, 2.24) is 14.9 Å². The Labute approximate surface area is 241 Å². The van der Waals surface area contributed by atoms with E-state index in [-0.39, 0.29) is 12.1 Å². The molecule has 0 bridgehead atoms. The van der Waals surface area contributed by atoms with Crippen molar-refractivity contribution in [2.24, 2.45) is 0 Å². The predicted octanol–water partition coefficient (Wildman–Crippen LogP) is 5.66. The number of sulfonamides is 1. The summed E-state index contributed by atoms with van der Waals surface area (Å²) in [7, 11) is -1.97. The topological polar surface area (TPSA) is 88.5 Å². The number of benzene rings is 2. The third kappa shape index (κ3) is 5.04. The smallest absolute Gasteiger partial charge is 0.229 e. The van der Waals surface area contributed by atoms with Crippen LogP contribution in [-0.4, -0.2) is 36.4 Å². The van der Waals surface area contributed by atoms with Crippen molar-refractivity contribution < 1.29 is 13.2 Å². The zero-order valence-electron chi connectivity index (χ0n) is 23.4. The lowest BCUT2D eigenvalue weighted by Crippen LogP contribution is -2.29. The van der Waals surface area contributed by atoms with E-state index in [2.05, 4.69) is 76.5 Å². The third-order valence-corrected chi connectivity index (χ3v) is 8.37. The molecule has 0 saturated carbocycles. The van der Waals surface area contributed by atoms with Crippen LogP contribution in [0.4, 0.5) is 11.4 Å². The highest BCUT2D eigenvalue weighted by atomic mass is 32.2. The van der Waals surface area contributed by atoms with Gasteiger partial charge in [0.25, 0.3) is 0 Å². The Morgan fingerprint density at radius 1 is 1.02 bits per heavy atom. The third-order valence-electron chi connectivity index (χ3n) is 7.46. The summed E-state index contributed by atoms with van der Waals surface area (Å²) in [6.45, 7) is 8.53. The molecule has 0 amide bonds. The molecule has 0 unspecified atom stereocenters. The van der Waals surface area contributed by atoms with Crippen LogP contribution in [0.3, 0.4) is 0 Å². The molecule has 2 aromatic heterocycles. The molecule has 5 rings (SSSR count). The molecule has 2 N–H and O–H groups in total. The van der Waals surface area contributed by atoms with Gasteiger partial charge in [-0.15, -0.1) is 0 Å². The first-order valence-corrected chi connectivity index (χ1v) is 15.2. The highest BCUT2D eigenvalue weighted by Gasteiger charge is 2.42. The fraction of sp³-hybridized carbons (Fsp3) is 0.267. The number of nitrogens with zero attached hydrogens (tertiary/aromatic N) is 3. The van der Waals surface area contributed by atoms with Crippen LogP contribution < -0.4 is 19.7 Å². The number of thiocarbonyl (C=S) groups is 1. The second-order valence-electron chi connectivity index (χ2n) is 10.1. The second kappa shape index (κ2) is 10.6. The largest absolute Gasteiger partial charge is 0.494 e. The lowest BCUT2D eigenvalue weighted by molar-refractivity contribution is 0.417. The van der Waals surface area contributed by atoms with Gasteiger partial charge in [0.05, 0.1) is 36.8 Å². The number of pyridine rings is 1. The first kappa shape index (κ1) is 27.7. The molecular formula is C30H33N5O3S2. The van der Waals surface area contributed by atoms with Gasteiger partial charge in [-0.05, 0) is 93.0 Å². The molecule has 1 fully saturated rings. The number of aryl methyl sites for hydroxylation is 2. The summed E-state index contributed by atoms with van der Waals surface area (Å²) in [5, 5.41) is 4.05. The fourth-order valence-corrected chi connectivity index (χ4v) is 6.41. The van der Waals surface area contributed by atoms with Crippen LogP contribution in [0.25, 0.3) is 5.69 Å². The van der Waals surface area contributed by atoms with Crippen LogP contribution in [0.5, 0.6) is 5.75 Å². The van der Waals surface area contributed by atoms with Crippen molar-refractivity contribution in [3.63, 3.8) is 0 Å². The highest BCUT2D eigenvalue weighted by Crippen LogP contribution is 2.45. The van der Waals surface area contributed by atoms with Crippen molar-refractivity contribution in [2.75, 3.05) is 23.0 Å². The molecule has 1 aliphatic rings. The van der Waals surface area contributed by atoms with Crippen LogP contribution in [0, 0.1) is 27.7 Å². The second-order valence-corrected chi connectivity index (χ2v) is 12.3. The van der Waals surface area contributed by atoms with Crippen LogP contribution in [0.2, 0.25) is 0 Å².